The lowest BCUT2D eigenvalue weighted by molar-refractivity contribution is 0.00527. The van der Waals surface area contributed by atoms with Gasteiger partial charge in [0.25, 0.3) is 0 Å². The molecule has 0 radical (unpaired) electrons. The lowest BCUT2D eigenvalue weighted by Crippen LogP contribution is -2.47. The third kappa shape index (κ3) is 4.09. The Kier molecular flexibility index (Phi) is 5.79. The van der Waals surface area contributed by atoms with Gasteiger partial charge in [-0.2, -0.15) is 4.98 Å². The molecule has 1 aromatic heterocycles. The number of aryl methyl sites for hydroxylation is 1. The molecule has 102 valence electrons. The Morgan fingerprint density at radius 3 is 3.00 bits per heavy atom. The molecule has 1 aromatic rings. The number of aliphatic imine (C=N–C) groups is 1. The number of nitrogens with zero attached hydrogens (tertiary/aromatic N) is 4. The molecule has 7 nitrogen and oxygen atoms in total. The van der Waals surface area contributed by atoms with Crippen molar-refractivity contribution in [2.45, 2.75) is 26.5 Å². The van der Waals surface area contributed by atoms with Crippen molar-refractivity contribution < 1.29 is 9.26 Å². The minimum atomic E-state index is 0. The molecule has 0 aromatic carbocycles. The summed E-state index contributed by atoms with van der Waals surface area (Å²) in [6.07, 6.45) is 0.183. The fraction of sp³-hybridized carbons (Fsp3) is 0.700. The third-order valence-corrected chi connectivity index (χ3v) is 2.51. The largest absolute Gasteiger partial charge is 0.375 e. The fourth-order valence-corrected chi connectivity index (χ4v) is 1.68. The second kappa shape index (κ2) is 6.88. The summed E-state index contributed by atoms with van der Waals surface area (Å²) < 4.78 is 10.4. The Hall–Kier alpha value is -0.900. The molecular formula is C10H18IN5O2. The minimum Gasteiger partial charge on any atom is -0.375 e. The van der Waals surface area contributed by atoms with Crippen molar-refractivity contribution in [2.75, 3.05) is 19.7 Å². The van der Waals surface area contributed by atoms with Crippen molar-refractivity contribution in [2.24, 2.45) is 10.7 Å². The Morgan fingerprint density at radius 2 is 2.39 bits per heavy atom. The highest BCUT2D eigenvalue weighted by Gasteiger charge is 2.18. The smallest absolute Gasteiger partial charge is 0.248 e. The van der Waals surface area contributed by atoms with Gasteiger partial charge in [-0.1, -0.05) is 5.16 Å². The molecule has 18 heavy (non-hydrogen) atoms. The average molecular weight is 367 g/mol. The summed E-state index contributed by atoms with van der Waals surface area (Å²) >= 11 is 0. The Balaban J connectivity index is 0.00000162. The maximum atomic E-state index is 5.90. The lowest BCUT2D eigenvalue weighted by atomic mass is 10.3. The molecule has 1 unspecified atom stereocenters. The van der Waals surface area contributed by atoms with Gasteiger partial charge < -0.3 is 19.9 Å². The maximum Gasteiger partial charge on any atom is 0.248 e. The van der Waals surface area contributed by atoms with Crippen molar-refractivity contribution in [3.63, 3.8) is 0 Å². The van der Waals surface area contributed by atoms with Gasteiger partial charge in [0.2, 0.25) is 5.89 Å². The zero-order valence-corrected chi connectivity index (χ0v) is 12.8. The van der Waals surface area contributed by atoms with E-state index in [1.54, 1.807) is 6.92 Å². The molecule has 1 fully saturated rings. The molecule has 0 bridgehead atoms. The molecule has 1 saturated heterocycles. The SMILES string of the molecule is Cc1noc(CN=C(N)N2CCOC(C)C2)n1.I. The first-order chi connectivity index (χ1) is 8.15. The first-order valence-corrected chi connectivity index (χ1v) is 5.61. The van der Waals surface area contributed by atoms with Crippen LogP contribution in [0.2, 0.25) is 0 Å². The summed E-state index contributed by atoms with van der Waals surface area (Å²) in [6.45, 7) is 6.31. The number of hydrogen-bond donors (Lipinski definition) is 1. The van der Waals surface area contributed by atoms with Crippen LogP contribution in [-0.4, -0.2) is 46.8 Å². The van der Waals surface area contributed by atoms with Crippen molar-refractivity contribution >= 4 is 29.9 Å². The van der Waals surface area contributed by atoms with Crippen LogP contribution in [0.5, 0.6) is 0 Å². The number of ether oxygens (including phenoxy) is 1. The first kappa shape index (κ1) is 15.2. The molecular weight excluding hydrogens is 349 g/mol. The first-order valence-electron chi connectivity index (χ1n) is 5.61. The van der Waals surface area contributed by atoms with Crippen LogP contribution in [0.25, 0.3) is 0 Å². The molecule has 2 heterocycles. The highest BCUT2D eigenvalue weighted by Crippen LogP contribution is 2.04. The maximum absolute atomic E-state index is 5.90. The lowest BCUT2D eigenvalue weighted by Gasteiger charge is -2.31. The van der Waals surface area contributed by atoms with Gasteiger partial charge in [0.1, 0.15) is 6.54 Å². The number of guanidine groups is 1. The number of aromatic nitrogens is 2. The van der Waals surface area contributed by atoms with E-state index < -0.39 is 0 Å². The van der Waals surface area contributed by atoms with Crippen LogP contribution in [0, 0.1) is 6.92 Å². The number of hydrogen-bond acceptors (Lipinski definition) is 5. The third-order valence-electron chi connectivity index (χ3n) is 2.51. The molecule has 0 spiro atoms. The molecule has 2 rings (SSSR count). The van der Waals surface area contributed by atoms with E-state index in [9.17, 15) is 0 Å². The van der Waals surface area contributed by atoms with Crippen LogP contribution >= 0.6 is 24.0 Å². The Bertz CT molecular complexity index is 409. The van der Waals surface area contributed by atoms with E-state index in [1.165, 1.54) is 0 Å². The van der Waals surface area contributed by atoms with Crippen LogP contribution in [0.1, 0.15) is 18.6 Å². The van der Waals surface area contributed by atoms with Gasteiger partial charge in [0, 0.05) is 13.1 Å². The number of halogens is 1. The summed E-state index contributed by atoms with van der Waals surface area (Å²) in [5, 5.41) is 3.69. The minimum absolute atomic E-state index is 0. The quantitative estimate of drug-likeness (QED) is 0.466. The average Bonchev–Trinajstić information content (AvgIpc) is 2.72. The van der Waals surface area contributed by atoms with Crippen LogP contribution < -0.4 is 5.73 Å². The van der Waals surface area contributed by atoms with Crippen molar-refractivity contribution in [1.82, 2.24) is 15.0 Å². The van der Waals surface area contributed by atoms with E-state index in [4.69, 9.17) is 15.0 Å². The van der Waals surface area contributed by atoms with Gasteiger partial charge in [-0.3, -0.25) is 0 Å². The van der Waals surface area contributed by atoms with E-state index in [-0.39, 0.29) is 30.1 Å². The van der Waals surface area contributed by atoms with Crippen LogP contribution in [-0.2, 0) is 11.3 Å². The fourth-order valence-electron chi connectivity index (χ4n) is 1.68. The molecule has 8 heteroatoms. The van der Waals surface area contributed by atoms with Crippen LogP contribution in [0.3, 0.4) is 0 Å². The van der Waals surface area contributed by atoms with Crippen LogP contribution in [0.4, 0.5) is 0 Å². The Labute approximate surface area is 123 Å². The number of rotatable bonds is 2. The summed E-state index contributed by atoms with van der Waals surface area (Å²) in [5.41, 5.74) is 5.90. The van der Waals surface area contributed by atoms with E-state index in [0.29, 0.717) is 30.8 Å². The topological polar surface area (TPSA) is 89.8 Å². The molecule has 1 aliphatic heterocycles. The van der Waals surface area contributed by atoms with Gasteiger partial charge in [0.15, 0.2) is 11.8 Å². The summed E-state index contributed by atoms with van der Waals surface area (Å²) in [6, 6.07) is 0. The van der Waals surface area contributed by atoms with Gasteiger partial charge in [-0.15, -0.1) is 24.0 Å². The monoisotopic (exact) mass is 367 g/mol. The second-order valence-electron chi connectivity index (χ2n) is 4.04. The molecule has 1 aliphatic rings. The summed E-state index contributed by atoms with van der Waals surface area (Å²) in [5.74, 6) is 1.58. The van der Waals surface area contributed by atoms with Crippen molar-refractivity contribution in [1.29, 1.82) is 0 Å². The van der Waals surface area contributed by atoms with Crippen molar-refractivity contribution in [3.05, 3.63) is 11.7 Å². The zero-order valence-electron chi connectivity index (χ0n) is 10.5. The molecule has 1 atom stereocenters. The molecule has 2 N–H and O–H groups in total. The van der Waals surface area contributed by atoms with E-state index in [0.717, 1.165) is 13.1 Å². The van der Waals surface area contributed by atoms with E-state index in [1.807, 2.05) is 11.8 Å². The molecule has 0 saturated carbocycles. The Morgan fingerprint density at radius 1 is 1.61 bits per heavy atom. The number of morpholine rings is 1. The van der Waals surface area contributed by atoms with Gasteiger partial charge in [-0.25, -0.2) is 4.99 Å². The van der Waals surface area contributed by atoms with E-state index >= 15 is 0 Å². The van der Waals surface area contributed by atoms with E-state index in [2.05, 4.69) is 15.1 Å². The normalized spacial score (nSPS) is 20.7. The predicted octanol–water partition coefficient (Wildman–Crippen LogP) is 0.531. The highest BCUT2D eigenvalue weighted by atomic mass is 127. The van der Waals surface area contributed by atoms with Crippen molar-refractivity contribution in [3.8, 4) is 0 Å². The molecule has 0 aliphatic carbocycles. The van der Waals surface area contributed by atoms with Gasteiger partial charge in [0.05, 0.1) is 12.7 Å². The highest BCUT2D eigenvalue weighted by molar-refractivity contribution is 14.0. The number of nitrogens with two attached hydrogens (primary N) is 1. The van der Waals surface area contributed by atoms with Gasteiger partial charge >= 0.3 is 0 Å². The van der Waals surface area contributed by atoms with Gasteiger partial charge in [-0.05, 0) is 13.8 Å². The summed E-state index contributed by atoms with van der Waals surface area (Å²) in [4.78, 5) is 10.3. The predicted molar refractivity (Wildman–Crippen MR) is 76.8 cm³/mol. The molecule has 0 amide bonds. The van der Waals surface area contributed by atoms with Crippen LogP contribution in [0.15, 0.2) is 9.52 Å². The zero-order chi connectivity index (χ0) is 12.3. The second-order valence-corrected chi connectivity index (χ2v) is 4.04. The standard InChI is InChI=1S/C10H17N5O2.HI/c1-7-6-15(3-4-16-7)10(11)12-5-9-13-8(2)14-17-9;/h7H,3-6H2,1-2H3,(H2,11,12);1H. The summed E-state index contributed by atoms with van der Waals surface area (Å²) in [7, 11) is 0.